The van der Waals surface area contributed by atoms with Gasteiger partial charge in [-0.3, -0.25) is 10.1 Å². The first-order valence-corrected chi connectivity index (χ1v) is 5.80. The van der Waals surface area contributed by atoms with Crippen molar-refractivity contribution in [1.82, 2.24) is 5.32 Å². The minimum absolute atomic E-state index is 0.0497. The van der Waals surface area contributed by atoms with Gasteiger partial charge in [-0.25, -0.2) is 4.79 Å². The average molecular weight is 284 g/mol. The molecule has 0 heterocycles. The fourth-order valence-corrected chi connectivity index (χ4v) is 1.27. The third-order valence-corrected chi connectivity index (χ3v) is 2.62. The van der Waals surface area contributed by atoms with Gasteiger partial charge in [0.1, 0.15) is 6.61 Å². The predicted molar refractivity (Wildman–Crippen MR) is 69.0 cm³/mol. The van der Waals surface area contributed by atoms with Gasteiger partial charge in [-0.1, -0.05) is 0 Å². The lowest BCUT2D eigenvalue weighted by Gasteiger charge is -2.25. The molecule has 0 aromatic heterocycles. The Morgan fingerprint density at radius 3 is 2.35 bits per heavy atom. The van der Waals surface area contributed by atoms with Crippen molar-refractivity contribution in [2.45, 2.75) is 19.1 Å². The first-order chi connectivity index (χ1) is 9.40. The highest BCUT2D eigenvalue weighted by Gasteiger charge is 2.25. The molecule has 3 N–H and O–H groups in total. The Hall–Kier alpha value is -2.19. The summed E-state index contributed by atoms with van der Waals surface area (Å²) in [5.74, 6) is 0. The summed E-state index contributed by atoms with van der Waals surface area (Å²) < 4.78 is 4.89. The van der Waals surface area contributed by atoms with Gasteiger partial charge >= 0.3 is 6.09 Å². The monoisotopic (exact) mass is 284 g/mol. The lowest BCUT2D eigenvalue weighted by molar-refractivity contribution is -0.384. The van der Waals surface area contributed by atoms with Gasteiger partial charge < -0.3 is 20.3 Å². The molecule has 0 saturated carbocycles. The van der Waals surface area contributed by atoms with Gasteiger partial charge in [-0.05, 0) is 24.6 Å². The van der Waals surface area contributed by atoms with Gasteiger partial charge in [0.15, 0.2) is 0 Å². The summed E-state index contributed by atoms with van der Waals surface area (Å²) >= 11 is 0. The smallest absolute Gasteiger partial charge is 0.408 e. The molecule has 0 saturated heterocycles. The van der Waals surface area contributed by atoms with E-state index in [4.69, 9.17) is 14.9 Å². The number of alkyl carbamates (subject to hydrolysis) is 1. The molecule has 0 aliphatic heterocycles. The van der Waals surface area contributed by atoms with Crippen molar-refractivity contribution in [3.63, 3.8) is 0 Å². The summed E-state index contributed by atoms with van der Waals surface area (Å²) in [6.07, 6.45) is -0.797. The van der Waals surface area contributed by atoms with Crippen molar-refractivity contribution >= 4 is 11.8 Å². The summed E-state index contributed by atoms with van der Waals surface area (Å²) in [5.41, 5.74) is -0.626. The average Bonchev–Trinajstić information content (AvgIpc) is 2.45. The quantitative estimate of drug-likeness (QED) is 0.518. The summed E-state index contributed by atoms with van der Waals surface area (Å²) in [4.78, 5) is 21.4. The number of non-ortho nitro benzene ring substituents is 1. The second kappa shape index (κ2) is 6.83. The zero-order chi connectivity index (χ0) is 15.2. The Morgan fingerprint density at radius 1 is 1.35 bits per heavy atom. The second-order valence-electron chi connectivity index (χ2n) is 4.50. The number of nitrogens with one attached hydrogen (secondary N) is 1. The Balaban J connectivity index is 2.50. The van der Waals surface area contributed by atoms with Crippen LogP contribution in [0.1, 0.15) is 12.5 Å². The van der Waals surface area contributed by atoms with Crippen LogP contribution in [0.2, 0.25) is 0 Å². The standard InChI is InChI=1S/C12H16N2O6/c1-12(7-15,8-16)13-11(17)20-6-9-2-4-10(5-3-9)14(18)19/h2-5,15-16H,6-8H2,1H3,(H,13,17). The van der Waals surface area contributed by atoms with Crippen LogP contribution in [0, 0.1) is 10.1 Å². The van der Waals surface area contributed by atoms with E-state index in [1.54, 1.807) is 0 Å². The van der Waals surface area contributed by atoms with Gasteiger partial charge in [0, 0.05) is 12.1 Å². The van der Waals surface area contributed by atoms with E-state index in [-0.39, 0.29) is 12.3 Å². The van der Waals surface area contributed by atoms with Gasteiger partial charge in [0.2, 0.25) is 0 Å². The number of nitro groups is 1. The van der Waals surface area contributed by atoms with Crippen LogP contribution in [0.3, 0.4) is 0 Å². The molecule has 0 atom stereocenters. The number of benzene rings is 1. The first kappa shape index (κ1) is 15.9. The highest BCUT2D eigenvalue weighted by Crippen LogP contribution is 2.12. The number of hydrogen-bond donors (Lipinski definition) is 3. The Labute approximate surface area is 115 Å². The maximum absolute atomic E-state index is 11.5. The molecule has 1 aromatic rings. The van der Waals surface area contributed by atoms with Crippen molar-refractivity contribution < 1.29 is 24.7 Å². The highest BCUT2D eigenvalue weighted by molar-refractivity contribution is 5.68. The van der Waals surface area contributed by atoms with Crippen molar-refractivity contribution in [3.8, 4) is 0 Å². The van der Waals surface area contributed by atoms with Crippen LogP contribution in [0.4, 0.5) is 10.5 Å². The molecule has 8 heteroatoms. The van der Waals surface area contributed by atoms with Crippen LogP contribution >= 0.6 is 0 Å². The third-order valence-electron chi connectivity index (χ3n) is 2.62. The first-order valence-electron chi connectivity index (χ1n) is 5.80. The van der Waals surface area contributed by atoms with Crippen molar-refractivity contribution in [2.75, 3.05) is 13.2 Å². The summed E-state index contributed by atoms with van der Waals surface area (Å²) in [6.45, 7) is 0.517. The third kappa shape index (κ3) is 4.48. The minimum atomic E-state index is -1.16. The number of aliphatic hydroxyl groups is 2. The summed E-state index contributed by atoms with van der Waals surface area (Å²) in [5, 5.41) is 30.8. The van der Waals surface area contributed by atoms with E-state index in [0.29, 0.717) is 5.56 Å². The van der Waals surface area contributed by atoms with Crippen LogP contribution in [-0.2, 0) is 11.3 Å². The van der Waals surface area contributed by atoms with Crippen LogP contribution in [0.5, 0.6) is 0 Å². The number of carbonyl (C=O) groups excluding carboxylic acids is 1. The Bertz CT molecular complexity index is 469. The molecule has 8 nitrogen and oxygen atoms in total. The lowest BCUT2D eigenvalue weighted by Crippen LogP contribution is -2.51. The molecular formula is C12H16N2O6. The maximum atomic E-state index is 11.5. The fraction of sp³-hybridized carbons (Fsp3) is 0.417. The van der Waals surface area contributed by atoms with Gasteiger partial charge in [0.05, 0.1) is 23.7 Å². The molecule has 1 aromatic carbocycles. The normalized spacial score (nSPS) is 10.9. The van der Waals surface area contributed by atoms with Gasteiger partial charge in [-0.15, -0.1) is 0 Å². The molecule has 0 aliphatic carbocycles. The molecular weight excluding hydrogens is 268 g/mol. The fourth-order valence-electron chi connectivity index (χ4n) is 1.27. The van der Waals surface area contributed by atoms with E-state index in [9.17, 15) is 14.9 Å². The van der Waals surface area contributed by atoms with Crippen LogP contribution in [0.15, 0.2) is 24.3 Å². The number of nitro benzene ring substituents is 1. The molecule has 0 unspecified atom stereocenters. The van der Waals surface area contributed by atoms with Crippen molar-refractivity contribution in [3.05, 3.63) is 39.9 Å². The SMILES string of the molecule is CC(CO)(CO)NC(=O)OCc1ccc([N+](=O)[O-])cc1. The largest absolute Gasteiger partial charge is 0.445 e. The lowest BCUT2D eigenvalue weighted by atomic mass is 10.1. The molecule has 1 rings (SSSR count). The van der Waals surface area contributed by atoms with E-state index in [1.807, 2.05) is 0 Å². The zero-order valence-electron chi connectivity index (χ0n) is 10.9. The van der Waals surface area contributed by atoms with Crippen LogP contribution in [0.25, 0.3) is 0 Å². The van der Waals surface area contributed by atoms with Crippen LogP contribution < -0.4 is 5.32 Å². The molecule has 0 aliphatic rings. The van der Waals surface area contributed by atoms with Crippen molar-refractivity contribution in [2.24, 2.45) is 0 Å². The number of aliphatic hydroxyl groups excluding tert-OH is 2. The maximum Gasteiger partial charge on any atom is 0.408 e. The Kier molecular flexibility index (Phi) is 5.42. The predicted octanol–water partition coefficient (Wildman–Crippen LogP) is 0.564. The molecule has 20 heavy (non-hydrogen) atoms. The number of ether oxygens (including phenoxy) is 1. The van der Waals surface area contributed by atoms with Crippen molar-refractivity contribution in [1.29, 1.82) is 0 Å². The molecule has 1 amide bonds. The van der Waals surface area contributed by atoms with E-state index in [1.165, 1.54) is 31.2 Å². The molecule has 0 bridgehead atoms. The number of rotatable bonds is 6. The summed E-state index contributed by atoms with van der Waals surface area (Å²) in [6, 6.07) is 5.57. The van der Waals surface area contributed by atoms with Crippen LogP contribution in [-0.4, -0.2) is 40.0 Å². The van der Waals surface area contributed by atoms with Gasteiger partial charge in [0.25, 0.3) is 5.69 Å². The number of carbonyl (C=O) groups is 1. The molecule has 0 spiro atoms. The zero-order valence-corrected chi connectivity index (χ0v) is 10.9. The molecule has 0 fully saturated rings. The molecule has 110 valence electrons. The van der Waals surface area contributed by atoms with E-state index in [2.05, 4.69) is 5.32 Å². The van der Waals surface area contributed by atoms with E-state index in [0.717, 1.165) is 0 Å². The number of nitrogens with zero attached hydrogens (tertiary/aromatic N) is 1. The van der Waals surface area contributed by atoms with E-state index < -0.39 is 29.8 Å². The number of hydrogen-bond acceptors (Lipinski definition) is 6. The highest BCUT2D eigenvalue weighted by atomic mass is 16.6. The second-order valence-corrected chi connectivity index (χ2v) is 4.50. The van der Waals surface area contributed by atoms with Gasteiger partial charge in [-0.2, -0.15) is 0 Å². The minimum Gasteiger partial charge on any atom is -0.445 e. The summed E-state index contributed by atoms with van der Waals surface area (Å²) in [7, 11) is 0. The number of amides is 1. The topological polar surface area (TPSA) is 122 Å². The Morgan fingerprint density at radius 2 is 1.90 bits per heavy atom. The molecule has 0 radical (unpaired) electrons. The van der Waals surface area contributed by atoms with E-state index >= 15 is 0 Å².